The maximum Gasteiger partial charge on any atom is 0.270 e. The van der Waals surface area contributed by atoms with Crippen LogP contribution in [-0.4, -0.2) is 46.9 Å². The third-order valence-corrected chi connectivity index (χ3v) is 4.81. The van der Waals surface area contributed by atoms with Crippen LogP contribution in [0.5, 0.6) is 0 Å². The molecule has 0 bridgehead atoms. The summed E-state index contributed by atoms with van der Waals surface area (Å²) in [7, 11) is 0. The van der Waals surface area contributed by atoms with Crippen LogP contribution in [0.4, 0.5) is 0 Å². The first-order valence-electron chi connectivity index (χ1n) is 8.03. The Hall–Kier alpha value is -2.05. The maximum absolute atomic E-state index is 12.6. The van der Waals surface area contributed by atoms with Gasteiger partial charge in [0, 0.05) is 44.9 Å². The fraction of sp³-hybridized carbons (Fsp3) is 0.278. The number of nitrogens with zero attached hydrogens (tertiary/aromatic N) is 2. The molecule has 5 nitrogen and oxygen atoms in total. The Labute approximate surface area is 148 Å². The highest BCUT2D eigenvalue weighted by molar-refractivity contribution is 9.10. The predicted octanol–water partition coefficient (Wildman–Crippen LogP) is 3.48. The largest absolute Gasteiger partial charge is 0.448 e. The number of benzene rings is 1. The number of halogens is 1. The fourth-order valence-corrected chi connectivity index (χ4v) is 3.53. The van der Waals surface area contributed by atoms with Gasteiger partial charge in [-0.15, -0.1) is 0 Å². The Balaban J connectivity index is 1.38. The van der Waals surface area contributed by atoms with Gasteiger partial charge >= 0.3 is 0 Å². The van der Waals surface area contributed by atoms with Crippen LogP contribution in [0.3, 0.4) is 0 Å². The first-order chi connectivity index (χ1) is 11.7. The topological polar surface area (TPSA) is 52.5 Å². The monoisotopic (exact) mass is 387 g/mol. The third-order valence-electron chi connectivity index (χ3n) is 4.41. The molecule has 1 amide bonds. The van der Waals surface area contributed by atoms with E-state index in [4.69, 9.17) is 4.42 Å². The first-order valence-corrected chi connectivity index (χ1v) is 8.82. The molecule has 4 rings (SSSR count). The Kier molecular flexibility index (Phi) is 4.16. The van der Waals surface area contributed by atoms with Crippen molar-refractivity contribution in [2.24, 2.45) is 0 Å². The van der Waals surface area contributed by atoms with Gasteiger partial charge in [0.1, 0.15) is 5.69 Å². The zero-order chi connectivity index (χ0) is 16.5. The lowest BCUT2D eigenvalue weighted by atomic mass is 10.2. The van der Waals surface area contributed by atoms with Crippen molar-refractivity contribution in [3.8, 4) is 0 Å². The van der Waals surface area contributed by atoms with Gasteiger partial charge in [-0.25, -0.2) is 0 Å². The summed E-state index contributed by atoms with van der Waals surface area (Å²) in [5, 5.41) is 0. The zero-order valence-corrected chi connectivity index (χ0v) is 14.8. The van der Waals surface area contributed by atoms with Gasteiger partial charge in [-0.1, -0.05) is 30.3 Å². The minimum absolute atomic E-state index is 0.0388. The number of piperazine rings is 1. The van der Waals surface area contributed by atoms with Gasteiger partial charge in [-0.3, -0.25) is 9.69 Å². The van der Waals surface area contributed by atoms with Gasteiger partial charge in [0.05, 0.1) is 5.52 Å². The number of hydrogen-bond donors (Lipinski definition) is 1. The van der Waals surface area contributed by atoms with Gasteiger partial charge in [0.25, 0.3) is 5.91 Å². The van der Waals surface area contributed by atoms with Crippen molar-refractivity contribution in [2.75, 3.05) is 26.2 Å². The van der Waals surface area contributed by atoms with E-state index in [1.165, 1.54) is 5.56 Å². The van der Waals surface area contributed by atoms with Gasteiger partial charge < -0.3 is 14.3 Å². The van der Waals surface area contributed by atoms with Crippen molar-refractivity contribution in [3.63, 3.8) is 0 Å². The van der Waals surface area contributed by atoms with Crippen molar-refractivity contribution in [1.29, 1.82) is 0 Å². The molecule has 24 heavy (non-hydrogen) atoms. The lowest BCUT2D eigenvalue weighted by Crippen LogP contribution is -2.48. The number of carbonyl (C=O) groups is 1. The third kappa shape index (κ3) is 3.12. The summed E-state index contributed by atoms with van der Waals surface area (Å²) in [6, 6.07) is 14.1. The Morgan fingerprint density at radius 1 is 1.12 bits per heavy atom. The van der Waals surface area contributed by atoms with E-state index in [-0.39, 0.29) is 5.91 Å². The van der Waals surface area contributed by atoms with E-state index in [2.05, 4.69) is 50.1 Å². The summed E-state index contributed by atoms with van der Waals surface area (Å²) >= 11 is 3.29. The van der Waals surface area contributed by atoms with E-state index in [0.29, 0.717) is 15.9 Å². The minimum Gasteiger partial charge on any atom is -0.448 e. The molecule has 1 aliphatic rings. The standard InChI is InChI=1S/C18H18BrN3O2/c19-17-11-14-16(24-17)10-15(20-14)18(23)22-8-6-21(7-9-22)12-13-4-2-1-3-5-13/h1-5,10-11,20H,6-9,12H2. The number of carbonyl (C=O) groups excluding carboxylic acids is 1. The molecule has 3 heterocycles. The van der Waals surface area contributed by atoms with Crippen LogP contribution in [0.1, 0.15) is 16.1 Å². The smallest absolute Gasteiger partial charge is 0.270 e. The number of furan rings is 1. The predicted molar refractivity (Wildman–Crippen MR) is 95.9 cm³/mol. The number of aromatic nitrogens is 1. The van der Waals surface area contributed by atoms with Gasteiger partial charge in [0.15, 0.2) is 10.3 Å². The molecular formula is C18H18BrN3O2. The van der Waals surface area contributed by atoms with Crippen LogP contribution >= 0.6 is 15.9 Å². The molecule has 0 radical (unpaired) electrons. The summed E-state index contributed by atoms with van der Waals surface area (Å²) in [6.07, 6.45) is 0. The molecule has 0 unspecified atom stereocenters. The number of amides is 1. The van der Waals surface area contributed by atoms with Crippen molar-refractivity contribution in [1.82, 2.24) is 14.8 Å². The molecule has 2 aromatic heterocycles. The van der Waals surface area contributed by atoms with Crippen LogP contribution in [0, 0.1) is 0 Å². The highest BCUT2D eigenvalue weighted by Gasteiger charge is 2.23. The summed E-state index contributed by atoms with van der Waals surface area (Å²) < 4.78 is 6.14. The van der Waals surface area contributed by atoms with Crippen molar-refractivity contribution < 1.29 is 9.21 Å². The normalized spacial score (nSPS) is 16.0. The van der Waals surface area contributed by atoms with Crippen LogP contribution < -0.4 is 0 Å². The Morgan fingerprint density at radius 3 is 2.58 bits per heavy atom. The molecule has 1 N–H and O–H groups in total. The molecule has 124 valence electrons. The molecule has 1 saturated heterocycles. The second kappa shape index (κ2) is 6.45. The van der Waals surface area contributed by atoms with E-state index < -0.39 is 0 Å². The quantitative estimate of drug-likeness (QED) is 0.748. The molecule has 0 atom stereocenters. The van der Waals surface area contributed by atoms with Gasteiger partial charge in [-0.2, -0.15) is 0 Å². The Morgan fingerprint density at radius 2 is 1.88 bits per heavy atom. The molecule has 0 aliphatic carbocycles. The summed E-state index contributed by atoms with van der Waals surface area (Å²) in [6.45, 7) is 4.21. The van der Waals surface area contributed by atoms with E-state index in [1.807, 2.05) is 17.0 Å². The number of hydrogen-bond acceptors (Lipinski definition) is 3. The van der Waals surface area contributed by atoms with Crippen LogP contribution in [0.25, 0.3) is 11.1 Å². The lowest BCUT2D eigenvalue weighted by Gasteiger charge is -2.34. The van der Waals surface area contributed by atoms with Crippen LogP contribution in [0.2, 0.25) is 0 Å². The summed E-state index contributed by atoms with van der Waals surface area (Å²) in [5.74, 6) is 0.0388. The van der Waals surface area contributed by atoms with Crippen molar-refractivity contribution >= 4 is 32.9 Å². The fourth-order valence-electron chi connectivity index (χ4n) is 3.13. The highest BCUT2D eigenvalue weighted by Crippen LogP contribution is 2.24. The number of fused-ring (bicyclic) bond motifs is 1. The molecular weight excluding hydrogens is 370 g/mol. The SMILES string of the molecule is O=C(c1cc2oc(Br)cc2[nH]1)N1CCN(Cc2ccccc2)CC1. The molecule has 1 aliphatic heterocycles. The van der Waals surface area contributed by atoms with Crippen molar-refractivity contribution in [2.45, 2.75) is 6.54 Å². The second-order valence-corrected chi connectivity index (χ2v) is 6.85. The first kappa shape index (κ1) is 15.5. The van der Waals surface area contributed by atoms with Crippen LogP contribution in [0.15, 0.2) is 51.6 Å². The van der Waals surface area contributed by atoms with E-state index in [0.717, 1.165) is 38.2 Å². The zero-order valence-electron chi connectivity index (χ0n) is 13.2. The van der Waals surface area contributed by atoms with Gasteiger partial charge in [0.2, 0.25) is 0 Å². The number of rotatable bonds is 3. The molecule has 0 spiro atoms. The average molecular weight is 388 g/mol. The molecule has 6 heteroatoms. The molecule has 1 fully saturated rings. The number of aromatic amines is 1. The molecule has 1 aromatic carbocycles. The minimum atomic E-state index is 0.0388. The lowest BCUT2D eigenvalue weighted by molar-refractivity contribution is 0.0623. The maximum atomic E-state index is 12.6. The second-order valence-electron chi connectivity index (χ2n) is 6.07. The highest BCUT2D eigenvalue weighted by atomic mass is 79.9. The molecule has 0 saturated carbocycles. The Bertz CT molecular complexity index is 816. The summed E-state index contributed by atoms with van der Waals surface area (Å²) in [4.78, 5) is 20.1. The number of nitrogens with one attached hydrogen (secondary N) is 1. The number of H-pyrrole nitrogens is 1. The van der Waals surface area contributed by atoms with Crippen molar-refractivity contribution in [3.05, 3.63) is 58.4 Å². The van der Waals surface area contributed by atoms with Crippen LogP contribution in [-0.2, 0) is 6.54 Å². The van der Waals surface area contributed by atoms with E-state index >= 15 is 0 Å². The van der Waals surface area contributed by atoms with E-state index in [9.17, 15) is 4.79 Å². The van der Waals surface area contributed by atoms with E-state index in [1.54, 1.807) is 6.07 Å². The molecule has 3 aromatic rings. The summed E-state index contributed by atoms with van der Waals surface area (Å²) in [5.41, 5.74) is 3.45. The van der Waals surface area contributed by atoms with Gasteiger partial charge in [-0.05, 0) is 21.5 Å². The average Bonchev–Trinajstić information content (AvgIpc) is 3.13.